The lowest BCUT2D eigenvalue weighted by Gasteiger charge is -2.07. The van der Waals surface area contributed by atoms with Crippen LogP contribution in [0.2, 0.25) is 0 Å². The second-order valence-electron chi connectivity index (χ2n) is 5.14. The molecule has 0 aliphatic carbocycles. The summed E-state index contributed by atoms with van der Waals surface area (Å²) in [4.78, 5) is 42.9. The number of nitrogens with two attached hydrogens (primary N) is 1. The Bertz CT molecular complexity index is 824. The summed E-state index contributed by atoms with van der Waals surface area (Å²) in [7, 11) is 0. The molecule has 0 atom stereocenters. The molecule has 0 bridgehead atoms. The van der Waals surface area contributed by atoms with Gasteiger partial charge in [0.25, 0.3) is 0 Å². The van der Waals surface area contributed by atoms with E-state index in [9.17, 15) is 14.4 Å². The maximum absolute atomic E-state index is 12.0. The van der Waals surface area contributed by atoms with Crippen LogP contribution in [0.3, 0.4) is 0 Å². The lowest BCUT2D eigenvalue weighted by atomic mass is 10.1. The molecule has 0 spiro atoms. The zero-order chi connectivity index (χ0) is 19.1. The Kier molecular flexibility index (Phi) is 6.67. The molecule has 0 radical (unpaired) electrons. The number of aromatic nitrogens is 2. The number of amides is 1. The molecule has 0 saturated carbocycles. The van der Waals surface area contributed by atoms with E-state index in [-0.39, 0.29) is 40.6 Å². The minimum atomic E-state index is -0.590. The van der Waals surface area contributed by atoms with Crippen LogP contribution in [0.15, 0.2) is 35.6 Å². The highest BCUT2D eigenvalue weighted by Crippen LogP contribution is 2.18. The van der Waals surface area contributed by atoms with E-state index in [4.69, 9.17) is 10.5 Å². The Labute approximate surface area is 154 Å². The van der Waals surface area contributed by atoms with E-state index >= 15 is 0 Å². The molecule has 8 nitrogen and oxygen atoms in total. The van der Waals surface area contributed by atoms with Crippen LogP contribution >= 0.6 is 11.8 Å². The molecule has 1 aromatic carbocycles. The van der Waals surface area contributed by atoms with Crippen molar-refractivity contribution in [3.05, 3.63) is 41.6 Å². The molecule has 1 amide bonds. The van der Waals surface area contributed by atoms with E-state index in [1.54, 1.807) is 31.2 Å². The molecule has 26 heavy (non-hydrogen) atoms. The summed E-state index contributed by atoms with van der Waals surface area (Å²) < 4.78 is 4.85. The van der Waals surface area contributed by atoms with Crippen LogP contribution in [0.25, 0.3) is 0 Å². The largest absolute Gasteiger partial charge is 0.462 e. The molecule has 2 rings (SSSR count). The standard InChI is InChI=1S/C17H18N4O4S/c1-3-25-16(24)13-8-19-17(21-15(13)18)26-9-14(23)20-12-6-4-11(5-7-12)10(2)22/h4-8H,3,9H2,1-2H3,(H,20,23)(H2,18,19,21). The molecule has 9 heteroatoms. The fourth-order valence-corrected chi connectivity index (χ4v) is 2.55. The fourth-order valence-electron chi connectivity index (χ4n) is 1.93. The molecular formula is C17H18N4O4S. The number of nitrogen functional groups attached to an aromatic ring is 1. The number of hydrogen-bond donors (Lipinski definition) is 2. The predicted octanol–water partition coefficient (Wildman–Crippen LogP) is 2.17. The molecule has 0 fully saturated rings. The molecule has 0 unspecified atom stereocenters. The Morgan fingerprint density at radius 1 is 1.23 bits per heavy atom. The second kappa shape index (κ2) is 8.95. The number of carbonyl (C=O) groups is 3. The van der Waals surface area contributed by atoms with Gasteiger partial charge in [0.1, 0.15) is 11.4 Å². The zero-order valence-electron chi connectivity index (χ0n) is 14.3. The first-order valence-corrected chi connectivity index (χ1v) is 8.72. The van der Waals surface area contributed by atoms with Crippen molar-refractivity contribution >= 4 is 40.9 Å². The number of ether oxygens (including phenoxy) is 1. The summed E-state index contributed by atoms with van der Waals surface area (Å²) in [5.74, 6) is -0.830. The smallest absolute Gasteiger partial charge is 0.343 e. The molecule has 0 aliphatic rings. The summed E-state index contributed by atoms with van der Waals surface area (Å²) in [5.41, 5.74) is 6.97. The third-order valence-electron chi connectivity index (χ3n) is 3.20. The Morgan fingerprint density at radius 2 is 1.92 bits per heavy atom. The molecule has 3 N–H and O–H groups in total. The third kappa shape index (κ3) is 5.28. The van der Waals surface area contributed by atoms with Crippen LogP contribution in [0.1, 0.15) is 34.6 Å². The van der Waals surface area contributed by atoms with E-state index in [1.807, 2.05) is 0 Å². The van der Waals surface area contributed by atoms with Gasteiger partial charge in [-0.1, -0.05) is 11.8 Å². The quantitative estimate of drug-likeness (QED) is 0.327. The summed E-state index contributed by atoms with van der Waals surface area (Å²) >= 11 is 1.08. The molecule has 136 valence electrons. The Morgan fingerprint density at radius 3 is 2.50 bits per heavy atom. The van der Waals surface area contributed by atoms with E-state index in [1.165, 1.54) is 13.1 Å². The maximum Gasteiger partial charge on any atom is 0.343 e. The van der Waals surface area contributed by atoms with Gasteiger partial charge in [-0.2, -0.15) is 0 Å². The van der Waals surface area contributed by atoms with Gasteiger partial charge in [0.05, 0.1) is 12.4 Å². The number of benzene rings is 1. The van der Waals surface area contributed by atoms with Crippen LogP contribution in [0.5, 0.6) is 0 Å². The SMILES string of the molecule is CCOC(=O)c1cnc(SCC(=O)Nc2ccc(C(C)=O)cc2)nc1N. The summed E-state index contributed by atoms with van der Waals surface area (Å²) in [6, 6.07) is 6.59. The number of nitrogens with one attached hydrogen (secondary N) is 1. The van der Waals surface area contributed by atoms with Gasteiger partial charge in [-0.3, -0.25) is 9.59 Å². The van der Waals surface area contributed by atoms with Gasteiger partial charge in [-0.05, 0) is 38.1 Å². The normalized spacial score (nSPS) is 10.2. The number of esters is 1. The van der Waals surface area contributed by atoms with Gasteiger partial charge in [0.15, 0.2) is 10.9 Å². The first-order chi connectivity index (χ1) is 12.4. The number of carbonyl (C=O) groups excluding carboxylic acids is 3. The van der Waals surface area contributed by atoms with Crippen LogP contribution < -0.4 is 11.1 Å². The highest BCUT2D eigenvalue weighted by atomic mass is 32.2. The van der Waals surface area contributed by atoms with Crippen LogP contribution in [-0.2, 0) is 9.53 Å². The second-order valence-corrected chi connectivity index (χ2v) is 6.08. The Hall–Kier alpha value is -2.94. The molecule has 0 saturated heterocycles. The predicted molar refractivity (Wildman–Crippen MR) is 98.2 cm³/mol. The minimum absolute atomic E-state index is 0.00109. The number of anilines is 2. The van der Waals surface area contributed by atoms with Crippen molar-refractivity contribution in [1.82, 2.24) is 9.97 Å². The molecular weight excluding hydrogens is 356 g/mol. The summed E-state index contributed by atoms with van der Waals surface area (Å²) in [6.45, 7) is 3.39. The van der Waals surface area contributed by atoms with Crippen molar-refractivity contribution in [1.29, 1.82) is 0 Å². The van der Waals surface area contributed by atoms with Crippen molar-refractivity contribution in [3.8, 4) is 0 Å². The average molecular weight is 374 g/mol. The number of rotatable bonds is 7. The molecule has 2 aromatic rings. The molecule has 0 aliphatic heterocycles. The minimum Gasteiger partial charge on any atom is -0.462 e. The third-order valence-corrected chi connectivity index (χ3v) is 4.06. The van der Waals surface area contributed by atoms with Crippen LogP contribution in [0.4, 0.5) is 11.5 Å². The lowest BCUT2D eigenvalue weighted by molar-refractivity contribution is -0.113. The summed E-state index contributed by atoms with van der Waals surface area (Å²) in [5, 5.41) is 2.98. The van der Waals surface area contributed by atoms with Gasteiger partial charge in [-0.25, -0.2) is 14.8 Å². The van der Waals surface area contributed by atoms with Crippen molar-refractivity contribution in [3.63, 3.8) is 0 Å². The highest BCUT2D eigenvalue weighted by molar-refractivity contribution is 7.99. The fraction of sp³-hybridized carbons (Fsp3) is 0.235. The number of nitrogens with zero attached hydrogens (tertiary/aromatic N) is 2. The first kappa shape index (κ1) is 19.4. The monoisotopic (exact) mass is 374 g/mol. The van der Waals surface area contributed by atoms with Gasteiger partial charge < -0.3 is 15.8 Å². The Balaban J connectivity index is 1.91. The van der Waals surface area contributed by atoms with E-state index in [0.717, 1.165) is 11.8 Å². The van der Waals surface area contributed by atoms with Gasteiger partial charge in [-0.15, -0.1) is 0 Å². The maximum atomic E-state index is 12.0. The average Bonchev–Trinajstić information content (AvgIpc) is 2.60. The van der Waals surface area contributed by atoms with Crippen molar-refractivity contribution in [2.75, 3.05) is 23.4 Å². The van der Waals surface area contributed by atoms with Gasteiger partial charge in [0, 0.05) is 17.4 Å². The number of Topliss-reactive ketones (excluding diaryl/α,β-unsaturated/α-hetero) is 1. The molecule has 1 heterocycles. The van der Waals surface area contributed by atoms with E-state index in [0.29, 0.717) is 11.3 Å². The van der Waals surface area contributed by atoms with Crippen molar-refractivity contribution < 1.29 is 19.1 Å². The van der Waals surface area contributed by atoms with Crippen molar-refractivity contribution in [2.24, 2.45) is 0 Å². The first-order valence-electron chi connectivity index (χ1n) is 7.74. The number of thioether (sulfide) groups is 1. The van der Waals surface area contributed by atoms with Gasteiger partial charge in [0.2, 0.25) is 5.91 Å². The van der Waals surface area contributed by atoms with Crippen LogP contribution in [0, 0.1) is 0 Å². The van der Waals surface area contributed by atoms with E-state index in [2.05, 4.69) is 15.3 Å². The zero-order valence-corrected chi connectivity index (χ0v) is 15.1. The highest BCUT2D eigenvalue weighted by Gasteiger charge is 2.14. The number of ketones is 1. The molecule has 1 aromatic heterocycles. The van der Waals surface area contributed by atoms with Crippen molar-refractivity contribution in [2.45, 2.75) is 19.0 Å². The lowest BCUT2D eigenvalue weighted by Crippen LogP contribution is -2.15. The van der Waals surface area contributed by atoms with E-state index < -0.39 is 5.97 Å². The number of hydrogen-bond acceptors (Lipinski definition) is 8. The van der Waals surface area contributed by atoms with Gasteiger partial charge >= 0.3 is 5.97 Å². The topological polar surface area (TPSA) is 124 Å². The summed E-state index contributed by atoms with van der Waals surface area (Å²) in [6.07, 6.45) is 1.28. The van der Waals surface area contributed by atoms with Crippen LogP contribution in [-0.4, -0.2) is 40.0 Å².